The maximum absolute atomic E-state index is 5.28. The first-order chi connectivity index (χ1) is 6.24. The lowest BCUT2D eigenvalue weighted by Gasteiger charge is -2.23. The van der Waals surface area contributed by atoms with Crippen LogP contribution in [0.4, 0.5) is 0 Å². The van der Waals surface area contributed by atoms with Gasteiger partial charge in [-0.25, -0.2) is 0 Å². The molecule has 0 aromatic carbocycles. The van der Waals surface area contributed by atoms with Gasteiger partial charge < -0.3 is 13.3 Å². The Bertz CT molecular complexity index is 115. The van der Waals surface area contributed by atoms with Gasteiger partial charge in [-0.3, -0.25) is 0 Å². The van der Waals surface area contributed by atoms with Crippen molar-refractivity contribution in [3.05, 3.63) is 0 Å². The summed E-state index contributed by atoms with van der Waals surface area (Å²) in [4.78, 5) is 0. The van der Waals surface area contributed by atoms with Gasteiger partial charge in [0.2, 0.25) is 0 Å². The van der Waals surface area contributed by atoms with Crippen molar-refractivity contribution in [1.29, 1.82) is 0 Å². The molecule has 0 radical (unpaired) electrons. The minimum absolute atomic E-state index is 0.859. The predicted molar refractivity (Wildman–Crippen MR) is 65.2 cm³/mol. The topological polar surface area (TPSA) is 27.7 Å². The van der Waals surface area contributed by atoms with Gasteiger partial charge >= 0.3 is 8.80 Å². The quantitative estimate of drug-likeness (QED) is 0.313. The minimum atomic E-state index is -2.31. The number of rotatable bonds is 8. The molecule has 0 fully saturated rings. The second-order valence-electron chi connectivity index (χ2n) is 2.30. The van der Waals surface area contributed by atoms with Crippen LogP contribution in [0.3, 0.4) is 0 Å². The Balaban J connectivity index is 3.68. The van der Waals surface area contributed by atoms with E-state index in [9.17, 15) is 0 Å². The molecule has 0 aromatic heterocycles. The third-order valence-corrected chi connectivity index (χ3v) is 6.85. The summed E-state index contributed by atoms with van der Waals surface area (Å²) in [5.41, 5.74) is 0. The molecule has 0 aliphatic carbocycles. The molecule has 0 spiro atoms. The molecule has 80 valence electrons. The highest BCUT2D eigenvalue weighted by atomic mass is 33.5. The third-order valence-electron chi connectivity index (χ3n) is 1.70. The van der Waals surface area contributed by atoms with Gasteiger partial charge in [-0.15, -0.1) is 0 Å². The molecular formula is C6H16O3S3Si. The highest BCUT2D eigenvalue weighted by Crippen LogP contribution is 2.27. The maximum atomic E-state index is 5.28. The first kappa shape index (κ1) is 14.1. The van der Waals surface area contributed by atoms with Crippen LogP contribution in [-0.2, 0) is 13.3 Å². The van der Waals surface area contributed by atoms with E-state index in [1.54, 1.807) is 32.1 Å². The zero-order chi connectivity index (χ0) is 10.2. The Kier molecular flexibility index (Phi) is 9.20. The monoisotopic (exact) mass is 260 g/mol. The molecule has 0 rings (SSSR count). The molecular weight excluding hydrogens is 244 g/mol. The van der Waals surface area contributed by atoms with Crippen LogP contribution in [0.5, 0.6) is 0 Å². The Morgan fingerprint density at radius 3 is 2.08 bits per heavy atom. The van der Waals surface area contributed by atoms with Crippen LogP contribution in [0.15, 0.2) is 0 Å². The summed E-state index contributed by atoms with van der Waals surface area (Å²) in [7, 11) is 5.80. The summed E-state index contributed by atoms with van der Waals surface area (Å²) in [5, 5.41) is 0. The summed E-state index contributed by atoms with van der Waals surface area (Å²) in [6.07, 6.45) is 1.03. The number of hydrogen-bond acceptors (Lipinski definition) is 6. The normalized spacial score (nSPS) is 12.0. The summed E-state index contributed by atoms with van der Waals surface area (Å²) in [6.45, 7) is 0. The van der Waals surface area contributed by atoms with Gasteiger partial charge in [-0.1, -0.05) is 22.5 Å². The van der Waals surface area contributed by atoms with Crippen molar-refractivity contribution in [3.63, 3.8) is 0 Å². The Labute approximate surface area is 93.9 Å². The van der Waals surface area contributed by atoms with E-state index in [4.69, 9.17) is 13.3 Å². The van der Waals surface area contributed by atoms with Crippen molar-refractivity contribution < 1.29 is 13.3 Å². The number of hydrogen-bond donors (Lipinski definition) is 1. The second kappa shape index (κ2) is 8.45. The van der Waals surface area contributed by atoms with Gasteiger partial charge in [0.25, 0.3) is 0 Å². The fourth-order valence-corrected chi connectivity index (χ4v) is 4.50. The maximum Gasteiger partial charge on any atom is 0.500 e. The van der Waals surface area contributed by atoms with E-state index in [2.05, 4.69) is 11.7 Å². The molecule has 0 saturated heterocycles. The van der Waals surface area contributed by atoms with E-state index in [0.29, 0.717) is 0 Å². The smallest absolute Gasteiger partial charge is 0.377 e. The van der Waals surface area contributed by atoms with E-state index >= 15 is 0 Å². The largest absolute Gasteiger partial charge is 0.500 e. The molecule has 7 heteroatoms. The average Bonchev–Trinajstić information content (AvgIpc) is 2.20. The molecule has 0 amide bonds. The van der Waals surface area contributed by atoms with Gasteiger partial charge in [0.1, 0.15) is 0 Å². The molecule has 0 N–H and O–H groups in total. The van der Waals surface area contributed by atoms with Crippen LogP contribution in [0.1, 0.15) is 6.42 Å². The zero-order valence-electron chi connectivity index (χ0n) is 8.11. The number of thiol groups is 1. The van der Waals surface area contributed by atoms with Crippen LogP contribution in [0, 0.1) is 0 Å². The molecule has 0 heterocycles. The van der Waals surface area contributed by atoms with Gasteiger partial charge in [0.05, 0.1) is 0 Å². The molecule has 0 saturated carbocycles. The van der Waals surface area contributed by atoms with E-state index in [1.807, 2.05) is 0 Å². The van der Waals surface area contributed by atoms with E-state index in [-0.39, 0.29) is 0 Å². The molecule has 0 unspecified atom stereocenters. The second-order valence-corrected chi connectivity index (χ2v) is 8.68. The first-order valence-corrected chi connectivity index (χ1v) is 9.13. The van der Waals surface area contributed by atoms with Gasteiger partial charge in [0, 0.05) is 33.1 Å². The molecule has 0 atom stereocenters. The molecule has 0 aliphatic heterocycles. The first-order valence-electron chi connectivity index (χ1n) is 3.83. The van der Waals surface area contributed by atoms with Crippen molar-refractivity contribution in [3.8, 4) is 0 Å². The Morgan fingerprint density at radius 2 is 1.69 bits per heavy atom. The fourth-order valence-electron chi connectivity index (χ4n) is 0.941. The van der Waals surface area contributed by atoms with Gasteiger partial charge in [-0.05, 0) is 16.2 Å². The van der Waals surface area contributed by atoms with E-state index in [0.717, 1.165) is 18.2 Å². The summed E-state index contributed by atoms with van der Waals surface area (Å²) < 4.78 is 15.8. The van der Waals surface area contributed by atoms with Gasteiger partial charge in [-0.2, -0.15) is 0 Å². The lowest BCUT2D eigenvalue weighted by Crippen LogP contribution is -2.42. The molecule has 0 aliphatic rings. The lowest BCUT2D eigenvalue weighted by atomic mass is 10.6. The van der Waals surface area contributed by atoms with Crippen molar-refractivity contribution in [2.75, 3.05) is 27.1 Å². The minimum Gasteiger partial charge on any atom is -0.377 e. The van der Waals surface area contributed by atoms with Crippen LogP contribution in [0.25, 0.3) is 0 Å². The third kappa shape index (κ3) is 5.56. The Morgan fingerprint density at radius 1 is 1.15 bits per heavy atom. The summed E-state index contributed by atoms with van der Waals surface area (Å²) in [6, 6.07) is 0.859. The molecule has 3 nitrogen and oxygen atoms in total. The molecule has 0 bridgehead atoms. The van der Waals surface area contributed by atoms with E-state index in [1.165, 1.54) is 9.83 Å². The fraction of sp³-hybridized carbons (Fsp3) is 1.00. The zero-order valence-corrected chi connectivity index (χ0v) is 11.6. The van der Waals surface area contributed by atoms with Gasteiger partial charge in [0.15, 0.2) is 0 Å². The lowest BCUT2D eigenvalue weighted by molar-refractivity contribution is 0.123. The van der Waals surface area contributed by atoms with Crippen LogP contribution in [0.2, 0.25) is 6.04 Å². The average molecular weight is 260 g/mol. The SMILES string of the molecule is CO[Si](CCCSSS)(OC)OC. The molecule has 13 heavy (non-hydrogen) atoms. The predicted octanol–water partition coefficient (Wildman–Crippen LogP) is 2.48. The highest BCUT2D eigenvalue weighted by molar-refractivity contribution is 9.05. The highest BCUT2D eigenvalue weighted by Gasteiger charge is 2.36. The van der Waals surface area contributed by atoms with Crippen molar-refractivity contribution in [2.24, 2.45) is 0 Å². The van der Waals surface area contributed by atoms with Crippen LogP contribution in [-0.4, -0.2) is 35.9 Å². The van der Waals surface area contributed by atoms with Crippen molar-refractivity contribution >= 4 is 41.1 Å². The summed E-state index contributed by atoms with van der Waals surface area (Å²) in [5.74, 6) is 1.04. The Hall–Kier alpha value is 1.15. The molecule has 0 aromatic rings. The van der Waals surface area contributed by atoms with Crippen molar-refractivity contribution in [1.82, 2.24) is 0 Å². The van der Waals surface area contributed by atoms with E-state index < -0.39 is 8.80 Å². The standard InChI is InChI=1S/C6H16O3S3Si/c1-7-13(8-2,9-3)6-4-5-11-12-10/h10H,4-6H2,1-3H3. The summed E-state index contributed by atoms with van der Waals surface area (Å²) >= 11 is 4.03. The van der Waals surface area contributed by atoms with Crippen LogP contribution < -0.4 is 0 Å². The van der Waals surface area contributed by atoms with Crippen LogP contribution >= 0.6 is 32.3 Å². The van der Waals surface area contributed by atoms with Crippen molar-refractivity contribution in [2.45, 2.75) is 12.5 Å².